The largest absolute Gasteiger partial charge is 0.310 e. The second-order valence-corrected chi connectivity index (χ2v) is 19.8. The lowest BCUT2D eigenvalue weighted by Gasteiger charge is -2.30. The van der Waals surface area contributed by atoms with Crippen molar-refractivity contribution in [2.75, 3.05) is 4.90 Å². The van der Waals surface area contributed by atoms with Gasteiger partial charge in [0.1, 0.15) is 0 Å². The Morgan fingerprint density at radius 1 is 0.449 bits per heavy atom. The molecule has 332 valence electrons. The van der Waals surface area contributed by atoms with Crippen LogP contribution >= 0.6 is 0 Å². The van der Waals surface area contributed by atoms with Crippen LogP contribution in [0.2, 0.25) is 0 Å². The average molecular weight is 887 g/mol. The van der Waals surface area contributed by atoms with Gasteiger partial charge in [0.05, 0.1) is 16.7 Å². The topological polar surface area (TPSA) is 8.17 Å². The van der Waals surface area contributed by atoms with Crippen LogP contribution in [0.3, 0.4) is 0 Å². The van der Waals surface area contributed by atoms with Crippen molar-refractivity contribution < 1.29 is 0 Å². The highest BCUT2D eigenvalue weighted by molar-refractivity contribution is 6.14. The number of rotatable bonds is 8. The van der Waals surface area contributed by atoms with Crippen LogP contribution in [0.25, 0.3) is 82.8 Å². The molecule has 69 heavy (non-hydrogen) atoms. The summed E-state index contributed by atoms with van der Waals surface area (Å²) >= 11 is 0. The summed E-state index contributed by atoms with van der Waals surface area (Å²) in [6.45, 7) is 4.78. The maximum absolute atomic E-state index is 2.51. The summed E-state index contributed by atoms with van der Waals surface area (Å²) in [7, 11) is 0. The lowest BCUT2D eigenvalue weighted by molar-refractivity contribution is 0.445. The number of hydrogen-bond donors (Lipinski definition) is 0. The molecule has 13 rings (SSSR count). The molecular formula is C67H54N2. The number of aromatic nitrogens is 1. The van der Waals surface area contributed by atoms with E-state index in [0.29, 0.717) is 5.92 Å². The number of fused-ring (bicyclic) bond motifs is 7. The third-order valence-electron chi connectivity index (χ3n) is 15.6. The molecular weight excluding hydrogens is 833 g/mol. The maximum Gasteiger partial charge on any atom is 0.0619 e. The van der Waals surface area contributed by atoms with Crippen molar-refractivity contribution in [3.8, 4) is 50.2 Å². The molecule has 1 saturated carbocycles. The van der Waals surface area contributed by atoms with Gasteiger partial charge in [0.15, 0.2) is 0 Å². The van der Waals surface area contributed by atoms with E-state index in [-0.39, 0.29) is 5.41 Å². The number of benzene rings is 10. The Hall–Kier alpha value is -7.94. The van der Waals surface area contributed by atoms with Crippen molar-refractivity contribution in [3.05, 3.63) is 241 Å². The lowest BCUT2D eigenvalue weighted by atomic mass is 9.79. The summed E-state index contributed by atoms with van der Waals surface area (Å²) in [5.41, 5.74) is 21.2. The Bertz CT molecular complexity index is 3730. The van der Waals surface area contributed by atoms with Gasteiger partial charge in [-0.15, -0.1) is 0 Å². The van der Waals surface area contributed by atoms with E-state index in [1.165, 1.54) is 126 Å². The third-order valence-corrected chi connectivity index (χ3v) is 15.6. The molecule has 0 radical (unpaired) electrons. The molecule has 0 saturated heterocycles. The van der Waals surface area contributed by atoms with E-state index in [4.69, 9.17) is 0 Å². The highest BCUT2D eigenvalue weighted by Gasteiger charge is 2.37. The monoisotopic (exact) mass is 886 g/mol. The summed E-state index contributed by atoms with van der Waals surface area (Å²) in [4.78, 5) is 2.51. The van der Waals surface area contributed by atoms with Gasteiger partial charge in [-0.3, -0.25) is 0 Å². The van der Waals surface area contributed by atoms with E-state index >= 15 is 0 Å². The number of hydrogen-bond acceptors (Lipinski definition) is 1. The van der Waals surface area contributed by atoms with Gasteiger partial charge in [-0.1, -0.05) is 209 Å². The molecule has 2 heteroatoms. The van der Waals surface area contributed by atoms with Crippen LogP contribution in [-0.2, 0) is 5.41 Å². The van der Waals surface area contributed by atoms with E-state index in [9.17, 15) is 0 Å². The molecule has 0 amide bonds. The molecule has 1 heterocycles. The summed E-state index contributed by atoms with van der Waals surface area (Å²) in [6, 6.07) is 83.9. The molecule has 0 spiro atoms. The van der Waals surface area contributed by atoms with E-state index in [1.54, 1.807) is 0 Å². The molecule has 0 bridgehead atoms. The van der Waals surface area contributed by atoms with Crippen molar-refractivity contribution in [3.63, 3.8) is 0 Å². The summed E-state index contributed by atoms with van der Waals surface area (Å²) in [6.07, 6.45) is 6.45. The fourth-order valence-electron chi connectivity index (χ4n) is 12.5. The van der Waals surface area contributed by atoms with Crippen LogP contribution in [-0.4, -0.2) is 4.57 Å². The first-order valence-electron chi connectivity index (χ1n) is 25.0. The SMILES string of the molecule is CC1(C)c2ccccc2-c2cccc(-c3cccc(N(c4ccc(-c5cccc6c7ccccc7n(-c7ccccc7)c56)cc4)c4ccccc4-c4cccc5cccc(C6CCCCC6)c45)c3)c21. The molecule has 0 atom stereocenters. The highest BCUT2D eigenvalue weighted by atomic mass is 15.1. The molecule has 1 fully saturated rings. The third kappa shape index (κ3) is 6.76. The predicted molar refractivity (Wildman–Crippen MR) is 293 cm³/mol. The summed E-state index contributed by atoms with van der Waals surface area (Å²) < 4.78 is 2.44. The average Bonchev–Trinajstić information content (AvgIpc) is 3.88. The zero-order valence-electron chi connectivity index (χ0n) is 39.4. The molecule has 0 aliphatic heterocycles. The van der Waals surface area contributed by atoms with Crippen molar-refractivity contribution in [1.82, 2.24) is 4.57 Å². The second-order valence-electron chi connectivity index (χ2n) is 19.8. The fraction of sp³-hybridized carbons (Fsp3) is 0.134. The number of nitrogens with zero attached hydrogens (tertiary/aromatic N) is 2. The Morgan fingerprint density at radius 2 is 1.09 bits per heavy atom. The van der Waals surface area contributed by atoms with Crippen LogP contribution in [0.1, 0.15) is 68.6 Å². The minimum absolute atomic E-state index is 0.139. The highest BCUT2D eigenvalue weighted by Crippen LogP contribution is 2.53. The lowest BCUT2D eigenvalue weighted by Crippen LogP contribution is -2.16. The molecule has 0 unspecified atom stereocenters. The van der Waals surface area contributed by atoms with Gasteiger partial charge in [-0.2, -0.15) is 0 Å². The van der Waals surface area contributed by atoms with Gasteiger partial charge in [-0.05, 0) is 128 Å². The van der Waals surface area contributed by atoms with Gasteiger partial charge < -0.3 is 9.47 Å². The first-order valence-corrected chi connectivity index (χ1v) is 25.0. The molecule has 2 aliphatic rings. The van der Waals surface area contributed by atoms with Crippen molar-refractivity contribution in [2.45, 2.75) is 57.3 Å². The van der Waals surface area contributed by atoms with E-state index < -0.39 is 0 Å². The molecule has 11 aromatic rings. The summed E-state index contributed by atoms with van der Waals surface area (Å²) in [5, 5.41) is 5.22. The normalized spacial score (nSPS) is 14.3. The van der Waals surface area contributed by atoms with Crippen molar-refractivity contribution in [2.24, 2.45) is 0 Å². The van der Waals surface area contributed by atoms with Crippen LogP contribution in [0, 0.1) is 0 Å². The van der Waals surface area contributed by atoms with Crippen molar-refractivity contribution in [1.29, 1.82) is 0 Å². The quantitative estimate of drug-likeness (QED) is 0.148. The number of anilines is 3. The van der Waals surface area contributed by atoms with Gasteiger partial charge in [0.2, 0.25) is 0 Å². The minimum atomic E-state index is -0.139. The second kappa shape index (κ2) is 16.7. The molecule has 10 aromatic carbocycles. The van der Waals surface area contributed by atoms with Crippen LogP contribution in [0.4, 0.5) is 17.1 Å². The smallest absolute Gasteiger partial charge is 0.0619 e. The van der Waals surface area contributed by atoms with Crippen LogP contribution in [0.15, 0.2) is 224 Å². The molecule has 2 aliphatic carbocycles. The van der Waals surface area contributed by atoms with Crippen LogP contribution < -0.4 is 4.90 Å². The summed E-state index contributed by atoms with van der Waals surface area (Å²) in [5.74, 6) is 0.573. The van der Waals surface area contributed by atoms with E-state index in [2.05, 4.69) is 248 Å². The standard InChI is InChI=1S/C67H54N2/c1-67(2)61-37-12-9-28-55(61)59-35-18-32-53(65(59)67)48-24-15-27-51(44-48)68(62-38-13-10-29-56(62)58-34-17-23-47-22-16-31-52(64(47)58)45-20-5-3-6-21-45)50-42-40-46(41-43-50)54-33-19-36-60-57-30-11-14-39-63(57)69(66(54)60)49-25-7-4-8-26-49/h4,7-19,22-45H,3,5-6,20-21H2,1-2H3. The zero-order valence-corrected chi connectivity index (χ0v) is 39.4. The minimum Gasteiger partial charge on any atom is -0.310 e. The fourth-order valence-corrected chi connectivity index (χ4v) is 12.5. The van der Waals surface area contributed by atoms with Gasteiger partial charge in [0, 0.05) is 44.4 Å². The van der Waals surface area contributed by atoms with Gasteiger partial charge in [0.25, 0.3) is 0 Å². The number of para-hydroxylation sites is 4. The first kappa shape index (κ1) is 41.3. The Labute approximate surface area is 405 Å². The van der Waals surface area contributed by atoms with E-state index in [0.717, 1.165) is 22.7 Å². The first-order chi connectivity index (χ1) is 34.0. The maximum atomic E-state index is 2.51. The van der Waals surface area contributed by atoms with Crippen molar-refractivity contribution >= 4 is 49.6 Å². The van der Waals surface area contributed by atoms with Gasteiger partial charge >= 0.3 is 0 Å². The molecule has 1 aromatic heterocycles. The van der Waals surface area contributed by atoms with Crippen LogP contribution in [0.5, 0.6) is 0 Å². The zero-order chi connectivity index (χ0) is 46.1. The predicted octanol–water partition coefficient (Wildman–Crippen LogP) is 18.8. The molecule has 2 nitrogen and oxygen atoms in total. The van der Waals surface area contributed by atoms with Gasteiger partial charge in [-0.25, -0.2) is 0 Å². The van der Waals surface area contributed by atoms with E-state index in [1.807, 2.05) is 0 Å². The Morgan fingerprint density at radius 3 is 1.94 bits per heavy atom. The molecule has 0 N–H and O–H groups in total. The Balaban J connectivity index is 1.01. The Kier molecular flexibility index (Phi) is 9.98.